The van der Waals surface area contributed by atoms with Gasteiger partial charge >= 0.3 is 0 Å². The Morgan fingerprint density at radius 3 is 2.44 bits per heavy atom. The fourth-order valence-corrected chi connectivity index (χ4v) is 4.11. The maximum absolute atomic E-state index is 13.7. The number of halogens is 2. The molecule has 0 heterocycles. The van der Waals surface area contributed by atoms with Crippen LogP contribution in [0.4, 0.5) is 8.78 Å². The van der Waals surface area contributed by atoms with Crippen LogP contribution in [0.2, 0.25) is 0 Å². The lowest BCUT2D eigenvalue weighted by atomic mass is 9.98. The second kappa shape index (κ2) is 11.0. The van der Waals surface area contributed by atoms with Crippen molar-refractivity contribution in [3.63, 3.8) is 0 Å². The molecule has 1 aliphatic carbocycles. The van der Waals surface area contributed by atoms with Crippen LogP contribution >= 0.6 is 0 Å². The topological polar surface area (TPSA) is 61.4 Å². The monoisotopic (exact) mass is 444 g/mol. The molecule has 1 amide bonds. The molecule has 3 rings (SSSR count). The molecule has 1 fully saturated rings. The van der Waals surface area contributed by atoms with Gasteiger partial charge in [-0.1, -0.05) is 44.5 Å². The maximum Gasteiger partial charge on any atom is 0.220 e. The summed E-state index contributed by atoms with van der Waals surface area (Å²) in [5.41, 5.74) is 2.72. The highest BCUT2D eigenvalue weighted by Gasteiger charge is 2.44. The summed E-state index contributed by atoms with van der Waals surface area (Å²) in [6, 6.07) is 11.1. The second-order valence-corrected chi connectivity index (χ2v) is 8.84. The van der Waals surface area contributed by atoms with Gasteiger partial charge in [-0.15, -0.1) is 0 Å². The summed E-state index contributed by atoms with van der Waals surface area (Å²) in [6.45, 7) is 4.39. The fourth-order valence-electron chi connectivity index (χ4n) is 4.11. The minimum absolute atomic E-state index is 0.147. The summed E-state index contributed by atoms with van der Waals surface area (Å²) >= 11 is 0. The first-order valence-corrected chi connectivity index (χ1v) is 11.6. The summed E-state index contributed by atoms with van der Waals surface area (Å²) < 4.78 is 27.3. The molecular formula is C26H34F2N2O2. The number of unbranched alkanes of at least 4 members (excludes halogenated alkanes) is 1. The van der Waals surface area contributed by atoms with Crippen molar-refractivity contribution in [1.29, 1.82) is 0 Å². The van der Waals surface area contributed by atoms with E-state index in [2.05, 4.69) is 41.8 Å². The Hall–Kier alpha value is -2.31. The standard InChI is InChI=1S/C26H34F2N2O2/c1-3-5-9-25(32)30-23(15-19-13-21(27)16-22(28)14-19)24(31)17-29-26(10-11-26)20-8-6-7-18(4-2)12-20/h6-8,12-14,16,23-24,29,31H,3-5,9-11,15,17H2,1-2H3,(H,30,32). The molecule has 32 heavy (non-hydrogen) atoms. The van der Waals surface area contributed by atoms with E-state index in [1.54, 1.807) is 0 Å². The normalized spacial score (nSPS) is 16.4. The Balaban J connectivity index is 1.69. The van der Waals surface area contributed by atoms with Crippen LogP contribution in [0.15, 0.2) is 42.5 Å². The van der Waals surface area contributed by atoms with Crippen molar-refractivity contribution in [3.05, 3.63) is 70.8 Å². The highest BCUT2D eigenvalue weighted by atomic mass is 19.1. The summed E-state index contributed by atoms with van der Waals surface area (Å²) in [5.74, 6) is -1.50. The number of rotatable bonds is 12. The van der Waals surface area contributed by atoms with E-state index in [0.717, 1.165) is 38.2 Å². The van der Waals surface area contributed by atoms with Gasteiger partial charge in [0.2, 0.25) is 5.91 Å². The molecule has 2 atom stereocenters. The zero-order valence-corrected chi connectivity index (χ0v) is 19.0. The van der Waals surface area contributed by atoms with Crippen molar-refractivity contribution in [2.45, 2.75) is 76.5 Å². The van der Waals surface area contributed by atoms with Crippen molar-refractivity contribution in [2.75, 3.05) is 6.54 Å². The average Bonchev–Trinajstić information content (AvgIpc) is 3.56. The van der Waals surface area contributed by atoms with Crippen molar-refractivity contribution >= 4 is 5.91 Å². The lowest BCUT2D eigenvalue weighted by molar-refractivity contribution is -0.122. The molecule has 2 aromatic rings. The SMILES string of the molecule is CCCCC(=O)NC(Cc1cc(F)cc(F)c1)C(O)CNC1(c2cccc(CC)c2)CC1. The lowest BCUT2D eigenvalue weighted by Crippen LogP contribution is -2.50. The Morgan fingerprint density at radius 2 is 1.81 bits per heavy atom. The number of hydrogen-bond donors (Lipinski definition) is 3. The van der Waals surface area contributed by atoms with Crippen LogP contribution in [0.25, 0.3) is 0 Å². The van der Waals surface area contributed by atoms with E-state index in [4.69, 9.17) is 0 Å². The molecule has 0 radical (unpaired) electrons. The van der Waals surface area contributed by atoms with Gasteiger partial charge in [-0.05, 0) is 60.9 Å². The lowest BCUT2D eigenvalue weighted by Gasteiger charge is -2.27. The number of aliphatic hydroxyl groups is 1. The van der Waals surface area contributed by atoms with Gasteiger partial charge in [0, 0.05) is 24.6 Å². The van der Waals surface area contributed by atoms with Gasteiger partial charge in [0.05, 0.1) is 12.1 Å². The molecule has 0 bridgehead atoms. The smallest absolute Gasteiger partial charge is 0.220 e. The van der Waals surface area contributed by atoms with Crippen molar-refractivity contribution in [3.8, 4) is 0 Å². The van der Waals surface area contributed by atoms with E-state index < -0.39 is 23.8 Å². The number of aliphatic hydroxyl groups excluding tert-OH is 1. The van der Waals surface area contributed by atoms with E-state index in [9.17, 15) is 18.7 Å². The van der Waals surface area contributed by atoms with E-state index in [1.807, 2.05) is 6.92 Å². The van der Waals surface area contributed by atoms with Crippen molar-refractivity contribution in [1.82, 2.24) is 10.6 Å². The molecule has 0 aliphatic heterocycles. The first-order chi connectivity index (χ1) is 15.3. The van der Waals surface area contributed by atoms with E-state index in [0.29, 0.717) is 12.0 Å². The highest BCUT2D eigenvalue weighted by molar-refractivity contribution is 5.76. The predicted molar refractivity (Wildman–Crippen MR) is 122 cm³/mol. The third-order valence-corrected chi connectivity index (χ3v) is 6.23. The molecule has 3 N–H and O–H groups in total. The number of hydrogen-bond acceptors (Lipinski definition) is 3. The summed E-state index contributed by atoms with van der Waals surface area (Å²) in [6.07, 6.45) is 4.16. The Bertz CT molecular complexity index is 894. The Kier molecular flexibility index (Phi) is 8.38. The highest BCUT2D eigenvalue weighted by Crippen LogP contribution is 2.45. The third-order valence-electron chi connectivity index (χ3n) is 6.23. The quantitative estimate of drug-likeness (QED) is 0.455. The first-order valence-electron chi connectivity index (χ1n) is 11.6. The van der Waals surface area contributed by atoms with E-state index in [1.165, 1.54) is 23.3 Å². The molecular weight excluding hydrogens is 410 g/mol. The minimum Gasteiger partial charge on any atom is -0.390 e. The van der Waals surface area contributed by atoms with Crippen molar-refractivity contribution < 1.29 is 18.7 Å². The number of nitrogens with one attached hydrogen (secondary N) is 2. The average molecular weight is 445 g/mol. The molecule has 174 valence electrons. The van der Waals surface area contributed by atoms with Gasteiger partial charge in [0.15, 0.2) is 0 Å². The Labute approximate surface area is 189 Å². The van der Waals surface area contributed by atoms with Crippen LogP contribution < -0.4 is 10.6 Å². The molecule has 2 unspecified atom stereocenters. The second-order valence-electron chi connectivity index (χ2n) is 8.84. The van der Waals surface area contributed by atoms with Crippen LogP contribution in [-0.2, 0) is 23.2 Å². The van der Waals surface area contributed by atoms with E-state index in [-0.39, 0.29) is 24.4 Å². The number of benzene rings is 2. The van der Waals surface area contributed by atoms with Gasteiger partial charge in [0.25, 0.3) is 0 Å². The largest absolute Gasteiger partial charge is 0.390 e. The van der Waals surface area contributed by atoms with Gasteiger partial charge in [0.1, 0.15) is 11.6 Å². The van der Waals surface area contributed by atoms with Crippen LogP contribution in [0.3, 0.4) is 0 Å². The molecule has 4 nitrogen and oxygen atoms in total. The first kappa shape index (κ1) is 24.3. The Morgan fingerprint density at radius 1 is 1.09 bits per heavy atom. The number of carbonyl (C=O) groups is 1. The van der Waals surface area contributed by atoms with Crippen LogP contribution in [-0.4, -0.2) is 29.7 Å². The molecule has 0 spiro atoms. The van der Waals surface area contributed by atoms with Gasteiger partial charge < -0.3 is 15.7 Å². The molecule has 1 aliphatic rings. The maximum atomic E-state index is 13.7. The predicted octanol–water partition coefficient (Wildman–Crippen LogP) is 4.38. The third kappa shape index (κ3) is 6.59. The molecule has 6 heteroatoms. The van der Waals surface area contributed by atoms with Gasteiger partial charge in [-0.25, -0.2) is 8.78 Å². The van der Waals surface area contributed by atoms with Crippen LogP contribution in [0, 0.1) is 11.6 Å². The molecule has 0 saturated heterocycles. The summed E-state index contributed by atoms with van der Waals surface area (Å²) in [7, 11) is 0. The summed E-state index contributed by atoms with van der Waals surface area (Å²) in [5, 5.41) is 17.3. The number of amides is 1. The summed E-state index contributed by atoms with van der Waals surface area (Å²) in [4.78, 5) is 12.4. The van der Waals surface area contributed by atoms with Gasteiger partial charge in [-0.2, -0.15) is 0 Å². The zero-order valence-electron chi connectivity index (χ0n) is 19.0. The van der Waals surface area contributed by atoms with Gasteiger partial charge in [-0.3, -0.25) is 4.79 Å². The molecule has 2 aromatic carbocycles. The van der Waals surface area contributed by atoms with Crippen molar-refractivity contribution in [2.24, 2.45) is 0 Å². The zero-order chi connectivity index (χ0) is 23.1. The van der Waals surface area contributed by atoms with E-state index >= 15 is 0 Å². The molecule has 0 aromatic heterocycles. The fraction of sp³-hybridized carbons (Fsp3) is 0.500. The van der Waals surface area contributed by atoms with Crippen LogP contribution in [0.1, 0.15) is 62.6 Å². The van der Waals surface area contributed by atoms with Crippen LogP contribution in [0.5, 0.6) is 0 Å². The molecule has 1 saturated carbocycles. The minimum atomic E-state index is -0.904. The number of carbonyl (C=O) groups excluding carboxylic acids is 1. The number of aryl methyl sites for hydroxylation is 1.